The highest BCUT2D eigenvalue weighted by Crippen LogP contribution is 2.17. The molecule has 5 heteroatoms. The zero-order valence-corrected chi connectivity index (χ0v) is 11.9. The fourth-order valence-corrected chi connectivity index (χ4v) is 2.38. The lowest BCUT2D eigenvalue weighted by atomic mass is 10.2. The predicted octanol–water partition coefficient (Wildman–Crippen LogP) is -1.17. The van der Waals surface area contributed by atoms with E-state index in [1.807, 2.05) is 12.1 Å². The maximum atomic E-state index is 5.89. The van der Waals surface area contributed by atoms with E-state index in [2.05, 4.69) is 46.0 Å². The van der Waals surface area contributed by atoms with E-state index in [1.165, 1.54) is 11.4 Å². The monoisotopic (exact) mass is 298 g/mol. The fraction of sp³-hybridized carbons (Fsp3) is 0.214. The van der Waals surface area contributed by atoms with Crippen LogP contribution < -0.4 is 21.9 Å². The van der Waals surface area contributed by atoms with Gasteiger partial charge in [-0.1, -0.05) is 29.8 Å². The summed E-state index contributed by atoms with van der Waals surface area (Å²) in [6.07, 6.45) is 2.14. The van der Waals surface area contributed by atoms with E-state index in [-0.39, 0.29) is 17.9 Å². The molecule has 0 saturated heterocycles. The van der Waals surface area contributed by atoms with Crippen LogP contribution in [0.15, 0.2) is 48.7 Å². The Labute approximate surface area is 124 Å². The average molecular weight is 299 g/mol. The van der Waals surface area contributed by atoms with E-state index >= 15 is 0 Å². The molecule has 3 rings (SSSR count). The summed E-state index contributed by atoms with van der Waals surface area (Å²) in [5.74, 6) is 1.29. The summed E-state index contributed by atoms with van der Waals surface area (Å²) in [6.45, 7) is 3.09. The normalized spacial score (nSPS) is 12.4. The van der Waals surface area contributed by atoms with Crippen molar-refractivity contribution in [3.63, 3.8) is 0 Å². The summed E-state index contributed by atoms with van der Waals surface area (Å²) in [5.41, 5.74) is 1.30. The molecule has 0 radical (unpaired) electrons. The minimum absolute atomic E-state index is 0. The largest absolute Gasteiger partial charge is 1.00 e. The van der Waals surface area contributed by atoms with Crippen molar-refractivity contribution in [1.29, 1.82) is 0 Å². The van der Waals surface area contributed by atoms with Gasteiger partial charge in [-0.3, -0.25) is 4.90 Å². The van der Waals surface area contributed by atoms with Gasteiger partial charge in [0.1, 0.15) is 19.6 Å². The standard InChI is InChI=1S/C14H14ClN2.ClH.H2O/c15-13-6-4-12(5-7-13)11-17-10-9-16-8-2-1-3-14(16)17;;/h1-8H,9-11H2;1H;1H2/q+1;;/p-1. The quantitative estimate of drug-likeness (QED) is 0.644. The second-order valence-corrected chi connectivity index (χ2v) is 4.74. The molecule has 1 aromatic heterocycles. The van der Waals surface area contributed by atoms with E-state index in [1.54, 1.807) is 0 Å². The van der Waals surface area contributed by atoms with E-state index in [0.717, 1.165) is 24.7 Å². The molecule has 0 spiro atoms. The summed E-state index contributed by atoms with van der Waals surface area (Å²) >= 11 is 5.89. The Hall–Kier alpha value is -1.29. The van der Waals surface area contributed by atoms with Gasteiger partial charge in [0, 0.05) is 11.1 Å². The first kappa shape index (κ1) is 15.8. The molecule has 0 atom stereocenters. The SMILES string of the molecule is Clc1ccc(CN2CC[n+]3ccccc32)cc1.O.[Cl-]. The molecule has 0 bridgehead atoms. The predicted molar refractivity (Wildman–Crippen MR) is 72.8 cm³/mol. The van der Waals surface area contributed by atoms with E-state index < -0.39 is 0 Å². The Morgan fingerprint density at radius 3 is 2.58 bits per heavy atom. The van der Waals surface area contributed by atoms with Gasteiger partial charge in [0.2, 0.25) is 0 Å². The van der Waals surface area contributed by atoms with Crippen LogP contribution in [0.4, 0.5) is 5.82 Å². The first-order valence-electron chi connectivity index (χ1n) is 5.81. The molecule has 2 heterocycles. The third kappa shape index (κ3) is 3.38. The van der Waals surface area contributed by atoms with Crippen molar-refractivity contribution >= 4 is 17.4 Å². The number of anilines is 1. The van der Waals surface area contributed by atoms with Crippen molar-refractivity contribution in [2.45, 2.75) is 13.1 Å². The highest BCUT2D eigenvalue weighted by atomic mass is 35.5. The number of hydrogen-bond acceptors (Lipinski definition) is 1. The molecule has 0 aliphatic carbocycles. The lowest BCUT2D eigenvalue weighted by Crippen LogP contribution is -3.00. The highest BCUT2D eigenvalue weighted by molar-refractivity contribution is 6.30. The molecule has 102 valence electrons. The molecule has 3 nitrogen and oxygen atoms in total. The fourth-order valence-electron chi connectivity index (χ4n) is 2.26. The molecule has 0 unspecified atom stereocenters. The van der Waals surface area contributed by atoms with Crippen molar-refractivity contribution < 1.29 is 22.5 Å². The average Bonchev–Trinajstić information content (AvgIpc) is 2.76. The number of rotatable bonds is 2. The molecule has 1 aliphatic heterocycles. The maximum Gasteiger partial charge on any atom is 0.277 e. The summed E-state index contributed by atoms with van der Waals surface area (Å²) in [5, 5.41) is 0.796. The van der Waals surface area contributed by atoms with Crippen LogP contribution in [0.2, 0.25) is 5.02 Å². The third-order valence-electron chi connectivity index (χ3n) is 3.14. The molecule has 2 aromatic rings. The Kier molecular flexibility index (Phi) is 5.60. The Bertz CT molecular complexity index is 531. The first-order valence-corrected chi connectivity index (χ1v) is 6.18. The van der Waals surface area contributed by atoms with Crippen molar-refractivity contribution in [3.8, 4) is 0 Å². The van der Waals surface area contributed by atoms with Gasteiger partial charge in [-0.05, 0) is 23.8 Å². The van der Waals surface area contributed by atoms with Crippen molar-refractivity contribution in [2.24, 2.45) is 0 Å². The van der Waals surface area contributed by atoms with Gasteiger partial charge >= 0.3 is 0 Å². The number of pyridine rings is 1. The molecular weight excluding hydrogens is 283 g/mol. The summed E-state index contributed by atoms with van der Waals surface area (Å²) in [4.78, 5) is 2.39. The highest BCUT2D eigenvalue weighted by Gasteiger charge is 2.26. The molecular formula is C14H16Cl2N2O. The summed E-state index contributed by atoms with van der Waals surface area (Å²) in [7, 11) is 0. The molecule has 2 N–H and O–H groups in total. The van der Waals surface area contributed by atoms with Crippen LogP contribution in [-0.4, -0.2) is 12.0 Å². The summed E-state index contributed by atoms with van der Waals surface area (Å²) < 4.78 is 2.29. The van der Waals surface area contributed by atoms with E-state index in [4.69, 9.17) is 11.6 Å². The number of nitrogens with zero attached hydrogens (tertiary/aromatic N) is 2. The van der Waals surface area contributed by atoms with Crippen molar-refractivity contribution in [1.82, 2.24) is 0 Å². The molecule has 19 heavy (non-hydrogen) atoms. The van der Waals surface area contributed by atoms with Crippen LogP contribution in [0.1, 0.15) is 5.56 Å². The Morgan fingerprint density at radius 2 is 1.84 bits per heavy atom. The Balaban J connectivity index is 0.000000902. The number of aromatic nitrogens is 1. The molecule has 0 saturated carbocycles. The minimum Gasteiger partial charge on any atom is -1.00 e. The van der Waals surface area contributed by atoms with Gasteiger partial charge in [0.15, 0.2) is 0 Å². The first-order chi connectivity index (χ1) is 8.33. The topological polar surface area (TPSA) is 38.6 Å². The van der Waals surface area contributed by atoms with Crippen molar-refractivity contribution in [2.75, 3.05) is 11.4 Å². The van der Waals surface area contributed by atoms with Gasteiger partial charge < -0.3 is 17.9 Å². The third-order valence-corrected chi connectivity index (χ3v) is 3.39. The maximum absolute atomic E-state index is 5.89. The smallest absolute Gasteiger partial charge is 0.277 e. The van der Waals surface area contributed by atoms with Gasteiger partial charge in [-0.2, -0.15) is 0 Å². The lowest BCUT2D eigenvalue weighted by Gasteiger charge is -2.10. The van der Waals surface area contributed by atoms with Crippen LogP contribution in [0, 0.1) is 0 Å². The van der Waals surface area contributed by atoms with Gasteiger partial charge in [0.25, 0.3) is 5.82 Å². The number of hydrogen-bond donors (Lipinski definition) is 0. The molecule has 1 aromatic carbocycles. The van der Waals surface area contributed by atoms with Crippen LogP contribution >= 0.6 is 11.6 Å². The second kappa shape index (κ2) is 6.75. The minimum atomic E-state index is 0. The molecule has 0 fully saturated rings. The van der Waals surface area contributed by atoms with Gasteiger partial charge in [0.05, 0.1) is 6.20 Å². The zero-order valence-electron chi connectivity index (χ0n) is 10.4. The lowest BCUT2D eigenvalue weighted by molar-refractivity contribution is -0.671. The molecule has 1 aliphatic rings. The van der Waals surface area contributed by atoms with Gasteiger partial charge in [-0.15, -0.1) is 0 Å². The number of fused-ring (bicyclic) bond motifs is 1. The van der Waals surface area contributed by atoms with E-state index in [9.17, 15) is 0 Å². The van der Waals surface area contributed by atoms with Crippen LogP contribution in [-0.2, 0) is 13.1 Å². The molecule has 0 amide bonds. The van der Waals surface area contributed by atoms with Crippen LogP contribution in [0.25, 0.3) is 0 Å². The van der Waals surface area contributed by atoms with Gasteiger partial charge in [-0.25, -0.2) is 4.57 Å². The summed E-state index contributed by atoms with van der Waals surface area (Å²) in [6, 6.07) is 14.4. The van der Waals surface area contributed by atoms with Crippen LogP contribution in [0.5, 0.6) is 0 Å². The second-order valence-electron chi connectivity index (χ2n) is 4.30. The van der Waals surface area contributed by atoms with E-state index in [0.29, 0.717) is 0 Å². The Morgan fingerprint density at radius 1 is 1.11 bits per heavy atom. The zero-order chi connectivity index (χ0) is 11.7. The van der Waals surface area contributed by atoms with Crippen LogP contribution in [0.3, 0.4) is 0 Å². The number of benzene rings is 1. The number of halogens is 2. The van der Waals surface area contributed by atoms with Crippen molar-refractivity contribution in [3.05, 3.63) is 59.2 Å².